The third-order valence-corrected chi connectivity index (χ3v) is 3.92. The first-order chi connectivity index (χ1) is 10.9. The summed E-state index contributed by atoms with van der Waals surface area (Å²) in [6, 6.07) is 6.56. The number of aromatic nitrogens is 2. The van der Waals surface area contributed by atoms with Gasteiger partial charge in [-0.15, -0.1) is 0 Å². The van der Waals surface area contributed by atoms with Gasteiger partial charge in [-0.2, -0.15) is 5.10 Å². The highest BCUT2D eigenvalue weighted by Crippen LogP contribution is 2.16. The summed E-state index contributed by atoms with van der Waals surface area (Å²) in [7, 11) is 1.82. The molecule has 0 saturated carbocycles. The fourth-order valence-electron chi connectivity index (χ4n) is 2.32. The topological polar surface area (TPSA) is 64.0 Å². The van der Waals surface area contributed by atoms with Gasteiger partial charge in [0.05, 0.1) is 12.2 Å². The van der Waals surface area contributed by atoms with Crippen molar-refractivity contribution in [3.8, 4) is 0 Å². The minimum absolute atomic E-state index is 0.0640. The lowest BCUT2D eigenvalue weighted by Gasteiger charge is -2.15. The summed E-state index contributed by atoms with van der Waals surface area (Å²) in [5.41, 5.74) is 1.49. The molecule has 0 aliphatic carbocycles. The van der Waals surface area contributed by atoms with Crippen molar-refractivity contribution in [2.24, 2.45) is 13.0 Å². The van der Waals surface area contributed by atoms with E-state index in [2.05, 4.69) is 10.4 Å². The number of ketones is 1. The molecule has 122 valence electrons. The molecule has 0 aliphatic rings. The summed E-state index contributed by atoms with van der Waals surface area (Å²) >= 11 is 5.82. The number of hydrogen-bond acceptors (Lipinski definition) is 3. The SMILES string of the molecule is C[C@H](CC(=O)N[C@H](C)c1cnn(C)c1)C(=O)c1ccc(Cl)cc1. The van der Waals surface area contributed by atoms with Crippen LogP contribution in [-0.2, 0) is 11.8 Å². The molecule has 6 heteroatoms. The van der Waals surface area contributed by atoms with Crippen molar-refractivity contribution >= 4 is 23.3 Å². The fourth-order valence-corrected chi connectivity index (χ4v) is 2.44. The maximum absolute atomic E-state index is 12.3. The number of rotatable bonds is 6. The molecule has 0 saturated heterocycles. The Hall–Kier alpha value is -2.14. The van der Waals surface area contributed by atoms with Gasteiger partial charge < -0.3 is 5.32 Å². The zero-order chi connectivity index (χ0) is 17.0. The van der Waals surface area contributed by atoms with E-state index in [0.29, 0.717) is 10.6 Å². The third-order valence-electron chi connectivity index (χ3n) is 3.67. The van der Waals surface area contributed by atoms with Gasteiger partial charge >= 0.3 is 0 Å². The predicted octanol–water partition coefficient (Wildman–Crippen LogP) is 3.16. The Morgan fingerprint density at radius 2 is 1.91 bits per heavy atom. The van der Waals surface area contributed by atoms with Gasteiger partial charge in [0.15, 0.2) is 5.78 Å². The van der Waals surface area contributed by atoms with E-state index in [0.717, 1.165) is 5.56 Å². The maximum Gasteiger partial charge on any atom is 0.221 e. The van der Waals surface area contributed by atoms with E-state index in [1.807, 2.05) is 20.2 Å². The van der Waals surface area contributed by atoms with Gasteiger partial charge in [0.25, 0.3) is 0 Å². The van der Waals surface area contributed by atoms with E-state index in [-0.39, 0.29) is 24.2 Å². The van der Waals surface area contributed by atoms with Crippen molar-refractivity contribution in [1.29, 1.82) is 0 Å². The van der Waals surface area contributed by atoms with Gasteiger partial charge in [-0.05, 0) is 31.2 Å². The fraction of sp³-hybridized carbons (Fsp3) is 0.353. The van der Waals surface area contributed by atoms with Crippen molar-refractivity contribution in [1.82, 2.24) is 15.1 Å². The minimum atomic E-state index is -0.391. The predicted molar refractivity (Wildman–Crippen MR) is 89.3 cm³/mol. The number of nitrogens with one attached hydrogen (secondary N) is 1. The lowest BCUT2D eigenvalue weighted by molar-refractivity contribution is -0.122. The largest absolute Gasteiger partial charge is 0.349 e. The first-order valence-corrected chi connectivity index (χ1v) is 7.82. The summed E-state index contributed by atoms with van der Waals surface area (Å²) < 4.78 is 1.69. The number of hydrogen-bond donors (Lipinski definition) is 1. The normalized spacial score (nSPS) is 13.4. The van der Waals surface area contributed by atoms with Crippen molar-refractivity contribution in [2.45, 2.75) is 26.3 Å². The first kappa shape index (κ1) is 17.2. The highest BCUT2D eigenvalue weighted by molar-refractivity contribution is 6.30. The molecule has 0 bridgehead atoms. The average Bonchev–Trinajstić information content (AvgIpc) is 2.93. The van der Waals surface area contributed by atoms with Crippen LogP contribution >= 0.6 is 11.6 Å². The van der Waals surface area contributed by atoms with Gasteiger partial charge in [0.2, 0.25) is 5.91 Å². The number of halogens is 1. The number of carbonyl (C=O) groups excluding carboxylic acids is 2. The number of Topliss-reactive ketones (excluding diaryl/α,β-unsaturated/α-hetero) is 1. The Kier molecular flexibility index (Phi) is 5.55. The summed E-state index contributed by atoms with van der Waals surface area (Å²) in [6.07, 6.45) is 3.71. The van der Waals surface area contributed by atoms with Crippen LogP contribution in [0.5, 0.6) is 0 Å². The molecule has 0 unspecified atom stereocenters. The van der Waals surface area contributed by atoms with Crippen LogP contribution in [0.4, 0.5) is 0 Å². The van der Waals surface area contributed by atoms with Crippen LogP contribution in [0.25, 0.3) is 0 Å². The zero-order valence-corrected chi connectivity index (χ0v) is 14.2. The Morgan fingerprint density at radius 3 is 2.48 bits per heavy atom. The van der Waals surface area contributed by atoms with Gasteiger partial charge in [-0.1, -0.05) is 18.5 Å². The highest BCUT2D eigenvalue weighted by Gasteiger charge is 2.20. The molecule has 2 atom stereocenters. The van der Waals surface area contributed by atoms with Crippen LogP contribution in [0.2, 0.25) is 5.02 Å². The van der Waals surface area contributed by atoms with E-state index in [9.17, 15) is 9.59 Å². The monoisotopic (exact) mass is 333 g/mol. The quantitative estimate of drug-likeness (QED) is 0.826. The lowest BCUT2D eigenvalue weighted by Crippen LogP contribution is -2.29. The van der Waals surface area contributed by atoms with E-state index >= 15 is 0 Å². The molecule has 2 rings (SSSR count). The second kappa shape index (κ2) is 7.42. The number of amides is 1. The summed E-state index contributed by atoms with van der Waals surface area (Å²) in [5.74, 6) is -0.612. The molecule has 1 N–H and O–H groups in total. The third kappa shape index (κ3) is 4.66. The second-order valence-electron chi connectivity index (χ2n) is 5.71. The van der Waals surface area contributed by atoms with Crippen molar-refractivity contribution < 1.29 is 9.59 Å². The van der Waals surface area contributed by atoms with E-state index < -0.39 is 5.92 Å². The van der Waals surface area contributed by atoms with Gasteiger partial charge in [0.1, 0.15) is 0 Å². The van der Waals surface area contributed by atoms with Crippen molar-refractivity contribution in [2.75, 3.05) is 0 Å². The molecule has 5 nitrogen and oxygen atoms in total. The molecule has 0 aliphatic heterocycles. The molecule has 1 aromatic carbocycles. The molecule has 23 heavy (non-hydrogen) atoms. The van der Waals surface area contributed by atoms with Crippen molar-refractivity contribution in [3.05, 3.63) is 52.8 Å². The molecular formula is C17H20ClN3O2. The van der Waals surface area contributed by atoms with Gasteiger partial charge in [0, 0.05) is 41.7 Å². The number of benzene rings is 1. The maximum atomic E-state index is 12.3. The molecule has 1 amide bonds. The summed E-state index contributed by atoms with van der Waals surface area (Å²) in [6.45, 7) is 3.64. The average molecular weight is 334 g/mol. The number of aryl methyl sites for hydroxylation is 1. The second-order valence-corrected chi connectivity index (χ2v) is 6.15. The number of carbonyl (C=O) groups is 2. The molecular weight excluding hydrogens is 314 g/mol. The van der Waals surface area contributed by atoms with E-state index in [1.54, 1.807) is 42.1 Å². The van der Waals surface area contributed by atoms with Crippen LogP contribution in [0.3, 0.4) is 0 Å². The highest BCUT2D eigenvalue weighted by atomic mass is 35.5. The van der Waals surface area contributed by atoms with E-state index in [4.69, 9.17) is 11.6 Å². The smallest absolute Gasteiger partial charge is 0.221 e. The molecule has 0 spiro atoms. The first-order valence-electron chi connectivity index (χ1n) is 7.44. The van der Waals surface area contributed by atoms with Crippen LogP contribution in [0.15, 0.2) is 36.7 Å². The van der Waals surface area contributed by atoms with Gasteiger partial charge in [-0.3, -0.25) is 14.3 Å². The van der Waals surface area contributed by atoms with E-state index in [1.165, 1.54) is 0 Å². The standard InChI is InChI=1S/C17H20ClN3O2/c1-11(17(23)13-4-6-15(18)7-5-13)8-16(22)20-12(2)14-9-19-21(3)10-14/h4-7,9-12H,8H2,1-3H3,(H,20,22)/t11-,12-/m1/s1. The summed E-state index contributed by atoms with van der Waals surface area (Å²) in [5, 5.41) is 7.55. The Morgan fingerprint density at radius 1 is 1.26 bits per heavy atom. The Balaban J connectivity index is 1.91. The zero-order valence-electron chi connectivity index (χ0n) is 13.4. The summed E-state index contributed by atoms with van der Waals surface area (Å²) in [4.78, 5) is 24.4. The lowest BCUT2D eigenvalue weighted by atomic mass is 9.96. The van der Waals surface area contributed by atoms with Crippen molar-refractivity contribution in [3.63, 3.8) is 0 Å². The molecule has 0 radical (unpaired) electrons. The molecule has 2 aromatic rings. The Labute approximate surface area is 140 Å². The van der Waals surface area contributed by atoms with Gasteiger partial charge in [-0.25, -0.2) is 0 Å². The minimum Gasteiger partial charge on any atom is -0.349 e. The van der Waals surface area contributed by atoms with Crippen LogP contribution in [-0.4, -0.2) is 21.5 Å². The van der Waals surface area contributed by atoms with Crippen LogP contribution in [0.1, 0.15) is 42.2 Å². The van der Waals surface area contributed by atoms with Crippen LogP contribution < -0.4 is 5.32 Å². The molecule has 0 fully saturated rings. The number of nitrogens with zero attached hydrogens (tertiary/aromatic N) is 2. The Bertz CT molecular complexity index is 694. The van der Waals surface area contributed by atoms with Crippen LogP contribution in [0, 0.1) is 5.92 Å². The molecule has 1 aromatic heterocycles. The molecule has 1 heterocycles.